The summed E-state index contributed by atoms with van der Waals surface area (Å²) in [6.07, 6.45) is 4.24. The van der Waals surface area contributed by atoms with Gasteiger partial charge in [0.05, 0.1) is 23.7 Å². The van der Waals surface area contributed by atoms with Crippen LogP contribution in [0.15, 0.2) is 50.4 Å². The van der Waals surface area contributed by atoms with Gasteiger partial charge in [-0.1, -0.05) is 15.9 Å². The molecule has 1 N–H and O–H groups in total. The summed E-state index contributed by atoms with van der Waals surface area (Å²) >= 11 is 3.27. The van der Waals surface area contributed by atoms with Gasteiger partial charge >= 0.3 is 0 Å². The first-order valence-corrected chi connectivity index (χ1v) is 10.2. The second kappa shape index (κ2) is 7.31. The zero-order chi connectivity index (χ0) is 18.0. The molecule has 1 atom stereocenters. The molecule has 1 amide bonds. The predicted molar refractivity (Wildman–Crippen MR) is 96.5 cm³/mol. The molecule has 8 heteroatoms. The van der Waals surface area contributed by atoms with Gasteiger partial charge in [-0.05, 0) is 43.2 Å². The maximum Gasteiger partial charge on any atom is 0.243 e. The van der Waals surface area contributed by atoms with Gasteiger partial charge in [-0.3, -0.25) is 4.79 Å². The number of nitrogens with zero attached hydrogens (tertiary/aromatic N) is 1. The predicted octanol–water partition coefficient (Wildman–Crippen LogP) is 2.86. The number of halogens is 1. The maximum absolute atomic E-state index is 12.5. The van der Waals surface area contributed by atoms with Crippen LogP contribution in [0.4, 0.5) is 0 Å². The lowest BCUT2D eigenvalue weighted by Gasteiger charge is -2.24. The highest BCUT2D eigenvalue weighted by Gasteiger charge is 2.27. The third-order valence-corrected chi connectivity index (χ3v) is 6.62. The van der Waals surface area contributed by atoms with Gasteiger partial charge < -0.3 is 9.73 Å². The molecular weight excluding hydrogens is 408 g/mol. The van der Waals surface area contributed by atoms with Crippen molar-refractivity contribution in [1.29, 1.82) is 0 Å². The Morgan fingerprint density at radius 3 is 2.76 bits per heavy atom. The second-order valence-electron chi connectivity index (χ2n) is 6.03. The summed E-state index contributed by atoms with van der Waals surface area (Å²) in [5.74, 6) is 0.564. The molecule has 25 heavy (non-hydrogen) atoms. The van der Waals surface area contributed by atoms with Crippen molar-refractivity contribution in [1.82, 2.24) is 9.62 Å². The largest absolute Gasteiger partial charge is 0.469 e. The molecule has 0 saturated heterocycles. The minimum atomic E-state index is -3.71. The van der Waals surface area contributed by atoms with E-state index in [-0.39, 0.29) is 23.4 Å². The number of carbonyl (C=O) groups is 1. The van der Waals surface area contributed by atoms with Crippen LogP contribution in [0.2, 0.25) is 0 Å². The number of benzene rings is 1. The summed E-state index contributed by atoms with van der Waals surface area (Å²) in [7, 11) is -2.30. The van der Waals surface area contributed by atoms with Gasteiger partial charge in [-0.25, -0.2) is 8.42 Å². The Balaban J connectivity index is 1.66. The standard InChI is InChI=1S/C17H19BrN2O4S/c1-20(25(22,23)13-7-5-12(18)6-8-13)11-17(21)19-15-3-2-4-16-14(15)9-10-24-16/h5-10,15H,2-4,11H2,1H3,(H,19,21). The summed E-state index contributed by atoms with van der Waals surface area (Å²) < 4.78 is 32.3. The fourth-order valence-corrected chi connectivity index (χ4v) is 4.34. The van der Waals surface area contributed by atoms with Crippen molar-refractivity contribution < 1.29 is 17.6 Å². The number of sulfonamides is 1. The first-order chi connectivity index (χ1) is 11.9. The fraction of sp³-hybridized carbons (Fsp3) is 0.353. The quantitative estimate of drug-likeness (QED) is 0.796. The Morgan fingerprint density at radius 1 is 1.32 bits per heavy atom. The third kappa shape index (κ3) is 3.96. The van der Waals surface area contributed by atoms with Gasteiger partial charge in [0.1, 0.15) is 5.76 Å². The van der Waals surface area contributed by atoms with Gasteiger partial charge in [-0.2, -0.15) is 4.31 Å². The van der Waals surface area contributed by atoms with Gasteiger partial charge in [-0.15, -0.1) is 0 Å². The van der Waals surface area contributed by atoms with Crippen LogP contribution in [0.25, 0.3) is 0 Å². The number of fused-ring (bicyclic) bond motifs is 1. The number of hydrogen-bond donors (Lipinski definition) is 1. The molecular formula is C17H19BrN2O4S. The Bertz CT molecular complexity index is 861. The summed E-state index contributed by atoms with van der Waals surface area (Å²) in [6, 6.07) is 8.06. The summed E-state index contributed by atoms with van der Waals surface area (Å²) in [6.45, 7) is -0.234. The number of aryl methyl sites for hydroxylation is 1. The Morgan fingerprint density at radius 2 is 2.04 bits per heavy atom. The highest BCUT2D eigenvalue weighted by Crippen LogP contribution is 2.30. The van der Waals surface area contributed by atoms with Gasteiger partial charge in [0, 0.05) is 23.5 Å². The lowest BCUT2D eigenvalue weighted by atomic mass is 9.93. The molecule has 134 valence electrons. The van der Waals surface area contributed by atoms with E-state index in [2.05, 4.69) is 21.2 Å². The van der Waals surface area contributed by atoms with Gasteiger partial charge in [0.2, 0.25) is 15.9 Å². The number of rotatable bonds is 5. The van der Waals surface area contributed by atoms with Crippen LogP contribution < -0.4 is 5.32 Å². The molecule has 0 spiro atoms. The van der Waals surface area contributed by atoms with Crippen molar-refractivity contribution in [2.75, 3.05) is 13.6 Å². The molecule has 1 aromatic heterocycles. The minimum Gasteiger partial charge on any atom is -0.469 e. The molecule has 1 aliphatic carbocycles. The SMILES string of the molecule is CN(CC(=O)NC1CCCc2occc21)S(=O)(=O)c1ccc(Br)cc1. The zero-order valence-electron chi connectivity index (χ0n) is 13.7. The Labute approximate surface area is 155 Å². The van der Waals surface area contributed by atoms with Crippen molar-refractivity contribution in [2.45, 2.75) is 30.2 Å². The molecule has 1 unspecified atom stereocenters. The zero-order valence-corrected chi connectivity index (χ0v) is 16.1. The van der Waals surface area contributed by atoms with E-state index in [1.807, 2.05) is 6.07 Å². The first kappa shape index (κ1) is 18.2. The Kier molecular flexibility index (Phi) is 5.31. The maximum atomic E-state index is 12.5. The molecule has 0 saturated carbocycles. The summed E-state index contributed by atoms with van der Waals surface area (Å²) in [5, 5.41) is 2.91. The van der Waals surface area contributed by atoms with Crippen LogP contribution in [0, 0.1) is 0 Å². The second-order valence-corrected chi connectivity index (χ2v) is 8.99. The molecule has 3 rings (SSSR count). The van der Waals surface area contributed by atoms with E-state index in [0.717, 1.165) is 39.4 Å². The molecule has 0 radical (unpaired) electrons. The molecule has 1 aromatic carbocycles. The topological polar surface area (TPSA) is 79.6 Å². The molecule has 0 fully saturated rings. The molecule has 1 aliphatic rings. The lowest BCUT2D eigenvalue weighted by Crippen LogP contribution is -2.40. The number of nitrogens with one attached hydrogen (secondary N) is 1. The van der Waals surface area contributed by atoms with Crippen LogP contribution in [-0.2, 0) is 21.2 Å². The van der Waals surface area contributed by atoms with Gasteiger partial charge in [0.15, 0.2) is 0 Å². The van der Waals surface area contributed by atoms with E-state index in [1.165, 1.54) is 19.2 Å². The van der Waals surface area contributed by atoms with Gasteiger partial charge in [0.25, 0.3) is 0 Å². The highest BCUT2D eigenvalue weighted by molar-refractivity contribution is 9.10. The average Bonchev–Trinajstić information content (AvgIpc) is 3.05. The van der Waals surface area contributed by atoms with E-state index in [1.54, 1.807) is 18.4 Å². The molecule has 2 aromatic rings. The van der Waals surface area contributed by atoms with E-state index >= 15 is 0 Å². The fourth-order valence-electron chi connectivity index (χ4n) is 2.95. The van der Waals surface area contributed by atoms with Crippen molar-refractivity contribution in [2.24, 2.45) is 0 Å². The van der Waals surface area contributed by atoms with Crippen molar-refractivity contribution in [3.8, 4) is 0 Å². The van der Waals surface area contributed by atoms with Crippen LogP contribution >= 0.6 is 15.9 Å². The van der Waals surface area contributed by atoms with Crippen molar-refractivity contribution in [3.05, 3.63) is 52.4 Å². The van der Waals surface area contributed by atoms with E-state index in [0.29, 0.717) is 0 Å². The van der Waals surface area contributed by atoms with Crippen LogP contribution in [0.3, 0.4) is 0 Å². The molecule has 0 aliphatic heterocycles. The Hall–Kier alpha value is -1.64. The van der Waals surface area contributed by atoms with Crippen molar-refractivity contribution in [3.63, 3.8) is 0 Å². The van der Waals surface area contributed by atoms with E-state index in [9.17, 15) is 13.2 Å². The molecule has 1 heterocycles. The number of carbonyl (C=O) groups excluding carboxylic acids is 1. The normalized spacial score (nSPS) is 17.3. The van der Waals surface area contributed by atoms with Crippen LogP contribution in [-0.4, -0.2) is 32.2 Å². The molecule has 6 nitrogen and oxygen atoms in total. The number of likely N-dealkylation sites (N-methyl/N-ethyl adjacent to an activating group) is 1. The van der Waals surface area contributed by atoms with Crippen LogP contribution in [0.1, 0.15) is 30.2 Å². The number of hydrogen-bond acceptors (Lipinski definition) is 4. The monoisotopic (exact) mass is 426 g/mol. The number of amides is 1. The minimum absolute atomic E-state index is 0.126. The first-order valence-electron chi connectivity index (χ1n) is 7.95. The highest BCUT2D eigenvalue weighted by atomic mass is 79.9. The van der Waals surface area contributed by atoms with Crippen molar-refractivity contribution >= 4 is 31.9 Å². The third-order valence-electron chi connectivity index (χ3n) is 4.28. The van der Waals surface area contributed by atoms with E-state index < -0.39 is 10.0 Å². The molecule has 0 bridgehead atoms. The smallest absolute Gasteiger partial charge is 0.243 e. The van der Waals surface area contributed by atoms with E-state index in [4.69, 9.17) is 4.42 Å². The summed E-state index contributed by atoms with van der Waals surface area (Å²) in [4.78, 5) is 12.5. The van der Waals surface area contributed by atoms with Crippen LogP contribution in [0.5, 0.6) is 0 Å². The lowest BCUT2D eigenvalue weighted by molar-refractivity contribution is -0.122. The number of furan rings is 1. The summed E-state index contributed by atoms with van der Waals surface area (Å²) in [5.41, 5.74) is 0.984. The average molecular weight is 427 g/mol.